The molecule has 1 heterocycles. The standard InChI is InChI=1S/C19H29N2O6P/c1-13-15(14-11-9-8-10-12-14)27-28(20(2)3,21(13)4)17(19(23)26-7)16(24-5)18(22)25-6/h8-13,15-16H,1-7H3. The van der Waals surface area contributed by atoms with Crippen molar-refractivity contribution in [2.75, 3.05) is 42.5 Å². The predicted molar refractivity (Wildman–Crippen MR) is 108 cm³/mol. The van der Waals surface area contributed by atoms with Gasteiger partial charge in [0.05, 0.1) is 14.2 Å². The summed E-state index contributed by atoms with van der Waals surface area (Å²) < 4.78 is 25.8. The molecule has 0 aliphatic carbocycles. The Balaban J connectivity index is 2.79. The normalized spacial score (nSPS) is 26.1. The van der Waals surface area contributed by atoms with Crippen LogP contribution in [-0.2, 0) is 28.3 Å². The van der Waals surface area contributed by atoms with Gasteiger partial charge in [0.1, 0.15) is 11.4 Å². The molecule has 0 amide bonds. The fourth-order valence-corrected chi connectivity index (χ4v) is 7.33. The Morgan fingerprint density at radius 3 is 2.21 bits per heavy atom. The summed E-state index contributed by atoms with van der Waals surface area (Å²) in [5, 5.41) is 0.113. The van der Waals surface area contributed by atoms with Gasteiger partial charge in [0.25, 0.3) is 0 Å². The quantitative estimate of drug-likeness (QED) is 0.518. The maximum absolute atomic E-state index is 12.9. The smallest absolute Gasteiger partial charge is 0.341 e. The topological polar surface area (TPSA) is 77.5 Å². The molecular weight excluding hydrogens is 383 g/mol. The molecule has 8 nitrogen and oxygen atoms in total. The number of hydrogen-bond acceptors (Lipinski definition) is 8. The minimum absolute atomic E-state index is 0.0621. The van der Waals surface area contributed by atoms with Crippen LogP contribution < -0.4 is 0 Å². The third kappa shape index (κ3) is 3.75. The number of nitrogens with zero attached hydrogens (tertiary/aromatic N) is 2. The molecule has 1 aromatic carbocycles. The Hall–Kier alpha value is -1.70. The molecule has 0 saturated carbocycles. The summed E-state index contributed by atoms with van der Waals surface area (Å²) >= 11 is 0. The monoisotopic (exact) mass is 412 g/mol. The third-order valence-electron chi connectivity index (χ3n) is 4.99. The van der Waals surface area contributed by atoms with E-state index < -0.39 is 25.5 Å². The summed E-state index contributed by atoms with van der Waals surface area (Å²) in [7, 11) is 6.46. The van der Waals surface area contributed by atoms with Crippen molar-refractivity contribution in [3.8, 4) is 0 Å². The molecule has 0 aromatic heterocycles. The Morgan fingerprint density at radius 2 is 1.75 bits per heavy atom. The van der Waals surface area contributed by atoms with E-state index in [1.807, 2.05) is 67.7 Å². The minimum Gasteiger partial charge on any atom is -0.467 e. The van der Waals surface area contributed by atoms with Crippen LogP contribution in [0.2, 0.25) is 0 Å². The average Bonchev–Trinajstić information content (AvgIpc) is 2.97. The fraction of sp³-hybridized carbons (Fsp3) is 0.526. The second kappa shape index (κ2) is 9.20. The molecule has 0 bridgehead atoms. The van der Waals surface area contributed by atoms with Crippen molar-refractivity contribution in [1.29, 1.82) is 0 Å². The van der Waals surface area contributed by atoms with Crippen molar-refractivity contribution in [1.82, 2.24) is 9.34 Å². The number of ether oxygens (including phenoxy) is 3. The van der Waals surface area contributed by atoms with Crippen LogP contribution in [0.5, 0.6) is 0 Å². The summed E-state index contributed by atoms with van der Waals surface area (Å²) in [4.78, 5) is 25.3. The van der Waals surface area contributed by atoms with E-state index in [4.69, 9.17) is 18.7 Å². The van der Waals surface area contributed by atoms with Crippen molar-refractivity contribution in [3.63, 3.8) is 0 Å². The lowest BCUT2D eigenvalue weighted by molar-refractivity contribution is -0.149. The summed E-state index contributed by atoms with van der Waals surface area (Å²) in [6.45, 7) is 2.03. The van der Waals surface area contributed by atoms with Gasteiger partial charge in [-0.25, -0.2) is 14.3 Å². The lowest BCUT2D eigenvalue weighted by atomic mass is 10.0. The van der Waals surface area contributed by atoms with Crippen molar-refractivity contribution >= 4 is 24.6 Å². The number of likely N-dealkylation sites (N-methyl/N-ethyl adjacent to an activating group) is 1. The molecule has 1 saturated heterocycles. The zero-order valence-corrected chi connectivity index (χ0v) is 18.3. The van der Waals surface area contributed by atoms with Gasteiger partial charge in [-0.2, -0.15) is 0 Å². The molecule has 28 heavy (non-hydrogen) atoms. The van der Waals surface area contributed by atoms with E-state index in [-0.39, 0.29) is 17.4 Å². The number of esters is 2. The van der Waals surface area contributed by atoms with Crippen LogP contribution in [0.15, 0.2) is 30.3 Å². The highest BCUT2D eigenvalue weighted by Gasteiger charge is 2.51. The van der Waals surface area contributed by atoms with Gasteiger partial charge in [-0.3, -0.25) is 4.67 Å². The summed E-state index contributed by atoms with van der Waals surface area (Å²) in [6, 6.07) is 9.72. The highest BCUT2D eigenvalue weighted by atomic mass is 31.2. The van der Waals surface area contributed by atoms with Crippen molar-refractivity contribution < 1.29 is 28.3 Å². The van der Waals surface area contributed by atoms with E-state index in [9.17, 15) is 9.59 Å². The predicted octanol–water partition coefficient (Wildman–Crippen LogP) is 1.94. The highest BCUT2D eigenvalue weighted by Crippen LogP contribution is 2.65. The number of benzene rings is 1. The second-order valence-electron chi connectivity index (χ2n) is 6.66. The second-order valence-corrected chi connectivity index (χ2v) is 9.87. The molecule has 4 atom stereocenters. The van der Waals surface area contributed by atoms with Gasteiger partial charge < -0.3 is 18.7 Å². The SMILES string of the molecule is COC(=O)C(C(OC)C(=O)OC)=P1(N(C)C)OC(c2ccccc2)C(C)N1C. The Morgan fingerprint density at radius 1 is 1.14 bits per heavy atom. The maximum atomic E-state index is 12.9. The Kier molecular flexibility index (Phi) is 7.42. The molecule has 0 radical (unpaired) electrons. The van der Waals surface area contributed by atoms with E-state index in [2.05, 4.69) is 0 Å². The lowest BCUT2D eigenvalue weighted by Gasteiger charge is -2.37. The number of methoxy groups -OCH3 is 3. The van der Waals surface area contributed by atoms with Gasteiger partial charge in [0.15, 0.2) is 13.5 Å². The van der Waals surface area contributed by atoms with Gasteiger partial charge in [-0.15, -0.1) is 0 Å². The van der Waals surface area contributed by atoms with Gasteiger partial charge >= 0.3 is 11.9 Å². The van der Waals surface area contributed by atoms with Crippen molar-refractivity contribution in [2.24, 2.45) is 0 Å². The van der Waals surface area contributed by atoms with Gasteiger partial charge in [-0.05, 0) is 33.6 Å². The van der Waals surface area contributed by atoms with Crippen LogP contribution >= 0.6 is 7.41 Å². The first-order valence-electron chi connectivity index (χ1n) is 8.86. The zero-order chi connectivity index (χ0) is 21.1. The van der Waals surface area contributed by atoms with E-state index in [1.165, 1.54) is 21.3 Å². The van der Waals surface area contributed by atoms with Crippen LogP contribution in [0.4, 0.5) is 0 Å². The molecule has 0 spiro atoms. The van der Waals surface area contributed by atoms with E-state index in [0.29, 0.717) is 0 Å². The number of hydrogen-bond donors (Lipinski definition) is 0. The minimum atomic E-state index is -2.93. The number of carbonyl (C=O) groups excluding carboxylic acids is 2. The first kappa shape index (κ1) is 22.6. The molecule has 4 unspecified atom stereocenters. The van der Waals surface area contributed by atoms with Crippen LogP contribution in [0.1, 0.15) is 18.6 Å². The number of carbonyl (C=O) groups is 2. The van der Waals surface area contributed by atoms with Crippen molar-refractivity contribution in [2.45, 2.75) is 25.2 Å². The molecule has 156 valence electrons. The maximum Gasteiger partial charge on any atom is 0.341 e. The zero-order valence-electron chi connectivity index (χ0n) is 17.4. The fourth-order valence-electron chi connectivity index (χ4n) is 3.47. The molecule has 1 fully saturated rings. The molecule has 1 aromatic rings. The summed E-state index contributed by atoms with van der Waals surface area (Å²) in [5.74, 6) is -1.34. The van der Waals surface area contributed by atoms with Crippen LogP contribution in [0, 0.1) is 0 Å². The van der Waals surface area contributed by atoms with Gasteiger partial charge in [0.2, 0.25) is 0 Å². The van der Waals surface area contributed by atoms with E-state index in [0.717, 1.165) is 5.56 Å². The Bertz CT molecular complexity index is 767. The van der Waals surface area contributed by atoms with Gasteiger partial charge in [-0.1, -0.05) is 30.3 Å². The first-order valence-corrected chi connectivity index (χ1v) is 10.5. The molecule has 9 heteroatoms. The summed E-state index contributed by atoms with van der Waals surface area (Å²) in [5.41, 5.74) is 0.988. The van der Waals surface area contributed by atoms with Crippen molar-refractivity contribution in [3.05, 3.63) is 35.9 Å². The van der Waals surface area contributed by atoms with E-state index >= 15 is 0 Å². The largest absolute Gasteiger partial charge is 0.467 e. The third-order valence-corrected chi connectivity index (χ3v) is 8.86. The van der Waals surface area contributed by atoms with Crippen LogP contribution in [-0.4, -0.2) is 81.2 Å². The number of rotatable bonds is 6. The van der Waals surface area contributed by atoms with E-state index in [1.54, 1.807) is 0 Å². The molecular formula is C19H29N2O6P. The Labute approximate surface area is 166 Å². The van der Waals surface area contributed by atoms with Crippen LogP contribution in [0.25, 0.3) is 0 Å². The first-order chi connectivity index (χ1) is 13.3. The highest BCUT2D eigenvalue weighted by molar-refractivity contribution is 7.69. The lowest BCUT2D eigenvalue weighted by Crippen LogP contribution is -2.43. The molecule has 1 aliphatic heterocycles. The average molecular weight is 412 g/mol. The molecule has 1 aliphatic rings. The molecule has 0 N–H and O–H groups in total. The molecule has 2 rings (SSSR count). The van der Waals surface area contributed by atoms with Gasteiger partial charge in [0, 0.05) is 13.2 Å². The van der Waals surface area contributed by atoms with Crippen LogP contribution in [0.3, 0.4) is 0 Å². The summed E-state index contributed by atoms with van der Waals surface area (Å²) in [6.07, 6.45) is -1.53.